The third-order valence-corrected chi connectivity index (χ3v) is 3.49. The number of hydrogen-bond acceptors (Lipinski definition) is 2. The molecule has 0 aliphatic carbocycles. The van der Waals surface area contributed by atoms with E-state index in [1.165, 1.54) is 0 Å². The quantitative estimate of drug-likeness (QED) is 0.750. The van der Waals surface area contributed by atoms with Crippen LogP contribution in [0.3, 0.4) is 0 Å². The first-order valence-corrected chi connectivity index (χ1v) is 6.73. The van der Waals surface area contributed by atoms with Crippen LogP contribution in [0.15, 0.2) is 22.7 Å². The van der Waals surface area contributed by atoms with Crippen molar-refractivity contribution >= 4 is 45.4 Å². The summed E-state index contributed by atoms with van der Waals surface area (Å²) in [6, 6.07) is 5.88. The van der Waals surface area contributed by atoms with Crippen LogP contribution in [0.4, 0.5) is 0 Å². The lowest BCUT2D eigenvalue weighted by Gasteiger charge is -1.99. The minimum absolute atomic E-state index is 0.0958. The van der Waals surface area contributed by atoms with Gasteiger partial charge >= 0.3 is 0 Å². The zero-order valence-corrected chi connectivity index (χ0v) is 11.9. The summed E-state index contributed by atoms with van der Waals surface area (Å²) in [4.78, 5) is 14.9. The number of rotatable bonds is 3. The number of halogens is 1. The highest BCUT2D eigenvalue weighted by Crippen LogP contribution is 2.26. The molecule has 0 saturated carbocycles. The number of carbonyl (C=O) groups excluding carboxylic acids is 1. The Kier molecular flexibility index (Phi) is 3.79. The molecule has 0 aliphatic rings. The molecule has 17 heavy (non-hydrogen) atoms. The fraction of sp³-hybridized carbons (Fsp3) is 0.250. The van der Waals surface area contributed by atoms with Crippen LogP contribution in [0.5, 0.6) is 0 Å². The Morgan fingerprint density at radius 3 is 2.94 bits per heavy atom. The average molecular weight is 313 g/mol. The number of aromatic amines is 1. The van der Waals surface area contributed by atoms with E-state index < -0.39 is 0 Å². The second-order valence-electron chi connectivity index (χ2n) is 3.82. The highest BCUT2D eigenvalue weighted by atomic mass is 79.9. The Morgan fingerprint density at radius 2 is 2.29 bits per heavy atom. The first-order valence-electron chi connectivity index (χ1n) is 5.30. The Balaban J connectivity index is 2.41. The molecule has 0 spiro atoms. The summed E-state index contributed by atoms with van der Waals surface area (Å²) in [6.07, 6.45) is 0. The van der Waals surface area contributed by atoms with Gasteiger partial charge in [-0.15, -0.1) is 0 Å². The number of nitrogens with one attached hydrogen (secondary N) is 2. The molecule has 2 N–H and O–H groups in total. The van der Waals surface area contributed by atoms with Gasteiger partial charge in [-0.3, -0.25) is 4.79 Å². The van der Waals surface area contributed by atoms with Crippen molar-refractivity contribution < 1.29 is 4.79 Å². The number of hydrogen-bond donors (Lipinski definition) is 3. The van der Waals surface area contributed by atoms with Crippen molar-refractivity contribution in [1.82, 2.24) is 10.3 Å². The van der Waals surface area contributed by atoms with Crippen molar-refractivity contribution in [2.75, 3.05) is 12.3 Å². The Hall–Kier alpha value is -0.940. The number of aromatic nitrogens is 1. The predicted octanol–water partition coefficient (Wildman–Crippen LogP) is 2.90. The number of fused-ring (bicyclic) bond motifs is 1. The van der Waals surface area contributed by atoms with Crippen molar-refractivity contribution in [2.45, 2.75) is 6.92 Å². The molecule has 2 aromatic rings. The normalized spacial score (nSPS) is 10.8. The van der Waals surface area contributed by atoms with Gasteiger partial charge in [0.15, 0.2) is 0 Å². The zero-order chi connectivity index (χ0) is 12.4. The van der Waals surface area contributed by atoms with E-state index in [1.807, 2.05) is 25.1 Å². The highest BCUT2D eigenvalue weighted by Gasteiger charge is 2.11. The van der Waals surface area contributed by atoms with Gasteiger partial charge in [0.25, 0.3) is 5.91 Å². The number of thiol groups is 1. The summed E-state index contributed by atoms with van der Waals surface area (Å²) in [5, 5.41) is 3.85. The number of carbonyl (C=O) groups is 1. The molecule has 90 valence electrons. The van der Waals surface area contributed by atoms with Gasteiger partial charge in [-0.1, -0.05) is 6.07 Å². The first-order chi connectivity index (χ1) is 8.13. The molecule has 0 radical (unpaired) electrons. The van der Waals surface area contributed by atoms with E-state index in [1.54, 1.807) is 0 Å². The third kappa shape index (κ3) is 2.50. The molecular formula is C12H13BrN2OS. The van der Waals surface area contributed by atoms with E-state index in [0.717, 1.165) is 20.9 Å². The van der Waals surface area contributed by atoms with Crippen LogP contribution in [-0.2, 0) is 0 Å². The van der Waals surface area contributed by atoms with Crippen molar-refractivity contribution in [3.05, 3.63) is 33.9 Å². The van der Waals surface area contributed by atoms with Gasteiger partial charge in [-0.25, -0.2) is 0 Å². The maximum absolute atomic E-state index is 11.8. The van der Waals surface area contributed by atoms with Crippen LogP contribution < -0.4 is 5.32 Å². The zero-order valence-electron chi connectivity index (χ0n) is 9.38. The first kappa shape index (κ1) is 12.5. The second-order valence-corrected chi connectivity index (χ2v) is 5.12. The molecule has 5 heteroatoms. The van der Waals surface area contributed by atoms with Crippen molar-refractivity contribution in [3.63, 3.8) is 0 Å². The maximum Gasteiger partial charge on any atom is 0.267 e. The molecule has 1 heterocycles. The van der Waals surface area contributed by atoms with Crippen molar-refractivity contribution in [2.24, 2.45) is 0 Å². The van der Waals surface area contributed by atoms with Gasteiger partial charge in [0.2, 0.25) is 0 Å². The summed E-state index contributed by atoms with van der Waals surface area (Å²) in [7, 11) is 0. The van der Waals surface area contributed by atoms with Gasteiger partial charge in [0, 0.05) is 22.2 Å². The molecule has 2 rings (SSSR count). The van der Waals surface area contributed by atoms with E-state index in [0.29, 0.717) is 18.0 Å². The minimum atomic E-state index is -0.0958. The van der Waals surface area contributed by atoms with Crippen LogP contribution in [0, 0.1) is 6.92 Å². The molecule has 1 aromatic carbocycles. The number of benzene rings is 1. The van der Waals surface area contributed by atoms with Gasteiger partial charge in [-0.2, -0.15) is 12.6 Å². The fourth-order valence-electron chi connectivity index (χ4n) is 1.71. The van der Waals surface area contributed by atoms with Crippen LogP contribution in [0.1, 0.15) is 16.1 Å². The molecule has 0 aliphatic heterocycles. The molecule has 3 nitrogen and oxygen atoms in total. The van der Waals surface area contributed by atoms with Gasteiger partial charge < -0.3 is 10.3 Å². The van der Waals surface area contributed by atoms with Crippen molar-refractivity contribution in [3.8, 4) is 0 Å². The van der Waals surface area contributed by atoms with Crippen LogP contribution >= 0.6 is 28.6 Å². The van der Waals surface area contributed by atoms with E-state index in [2.05, 4.69) is 38.9 Å². The predicted molar refractivity (Wildman–Crippen MR) is 76.9 cm³/mol. The maximum atomic E-state index is 11.8. The van der Waals surface area contributed by atoms with E-state index in [-0.39, 0.29) is 5.91 Å². The van der Waals surface area contributed by atoms with Gasteiger partial charge in [0.1, 0.15) is 5.69 Å². The topological polar surface area (TPSA) is 44.9 Å². The van der Waals surface area contributed by atoms with Crippen molar-refractivity contribution in [1.29, 1.82) is 0 Å². The number of H-pyrrole nitrogens is 1. The summed E-state index contributed by atoms with van der Waals surface area (Å²) in [5.41, 5.74) is 2.69. The lowest BCUT2D eigenvalue weighted by Crippen LogP contribution is -2.25. The van der Waals surface area contributed by atoms with E-state index in [4.69, 9.17) is 0 Å². The minimum Gasteiger partial charge on any atom is -0.350 e. The second kappa shape index (κ2) is 5.14. The smallest absolute Gasteiger partial charge is 0.267 e. The van der Waals surface area contributed by atoms with E-state index in [9.17, 15) is 4.79 Å². The SMILES string of the molecule is Cc1ccc(Br)c2[nH]c(C(=O)NCCS)cc12. The molecule has 1 aromatic heterocycles. The van der Waals surface area contributed by atoms with Crippen LogP contribution in [0.25, 0.3) is 10.9 Å². The van der Waals surface area contributed by atoms with Gasteiger partial charge in [0.05, 0.1) is 5.52 Å². The molecule has 0 bridgehead atoms. The van der Waals surface area contributed by atoms with Crippen LogP contribution in [0.2, 0.25) is 0 Å². The average Bonchev–Trinajstić information content (AvgIpc) is 2.77. The Morgan fingerprint density at radius 1 is 1.53 bits per heavy atom. The third-order valence-electron chi connectivity index (χ3n) is 2.60. The summed E-state index contributed by atoms with van der Waals surface area (Å²) < 4.78 is 0.964. The molecular weight excluding hydrogens is 300 g/mol. The molecule has 1 amide bonds. The summed E-state index contributed by atoms with van der Waals surface area (Å²) in [6.45, 7) is 2.59. The number of amides is 1. The molecule has 0 unspecified atom stereocenters. The largest absolute Gasteiger partial charge is 0.350 e. The standard InChI is InChI=1S/C12H13BrN2OS/c1-7-2-3-9(13)11-8(7)6-10(15-11)12(16)14-4-5-17/h2-3,6,15,17H,4-5H2,1H3,(H,14,16). The van der Waals surface area contributed by atoms with Crippen LogP contribution in [-0.4, -0.2) is 23.2 Å². The summed E-state index contributed by atoms with van der Waals surface area (Å²) in [5.74, 6) is 0.538. The highest BCUT2D eigenvalue weighted by molar-refractivity contribution is 9.10. The number of aryl methyl sites for hydroxylation is 1. The molecule has 0 fully saturated rings. The molecule has 0 atom stereocenters. The Bertz CT molecular complexity index is 526. The Labute approximate surface area is 114 Å². The molecule has 0 saturated heterocycles. The van der Waals surface area contributed by atoms with Gasteiger partial charge in [-0.05, 0) is 40.5 Å². The lowest BCUT2D eigenvalue weighted by atomic mass is 10.1. The lowest BCUT2D eigenvalue weighted by molar-refractivity contribution is 0.0952. The van der Waals surface area contributed by atoms with E-state index >= 15 is 0 Å². The fourth-order valence-corrected chi connectivity index (χ4v) is 2.27. The summed E-state index contributed by atoms with van der Waals surface area (Å²) >= 11 is 7.53. The monoisotopic (exact) mass is 312 g/mol.